The van der Waals surface area contributed by atoms with Gasteiger partial charge in [0.05, 0.1) is 6.20 Å². The second-order valence-corrected chi connectivity index (χ2v) is 4.18. The lowest BCUT2D eigenvalue weighted by molar-refractivity contribution is 0.112. The first-order chi connectivity index (χ1) is 9.35. The van der Waals surface area contributed by atoms with Crippen LogP contribution in [-0.4, -0.2) is 11.3 Å². The summed E-state index contributed by atoms with van der Waals surface area (Å²) in [6.07, 6.45) is 3.84. The van der Waals surface area contributed by atoms with Gasteiger partial charge in [0.15, 0.2) is 6.29 Å². The van der Waals surface area contributed by atoms with Gasteiger partial charge < -0.3 is 4.74 Å². The molecule has 2 aromatic carbocycles. The number of fused-ring (bicyclic) bond motifs is 1. The van der Waals surface area contributed by atoms with E-state index in [-0.39, 0.29) is 0 Å². The quantitative estimate of drug-likeness (QED) is 0.662. The Bertz CT molecular complexity index is 737. The van der Waals surface area contributed by atoms with Crippen molar-refractivity contribution < 1.29 is 9.53 Å². The van der Waals surface area contributed by atoms with E-state index >= 15 is 0 Å². The number of ether oxygens (including phenoxy) is 1. The number of hydrogen-bond donors (Lipinski definition) is 0. The lowest BCUT2D eigenvalue weighted by Gasteiger charge is -2.06. The van der Waals surface area contributed by atoms with Gasteiger partial charge >= 0.3 is 0 Å². The van der Waals surface area contributed by atoms with Crippen LogP contribution in [0.2, 0.25) is 0 Å². The number of carbonyl (C=O) groups excluding carboxylic acids is 1. The lowest BCUT2D eigenvalue weighted by Crippen LogP contribution is -1.88. The third kappa shape index (κ3) is 2.45. The summed E-state index contributed by atoms with van der Waals surface area (Å²) < 4.78 is 5.71. The maximum atomic E-state index is 10.7. The molecule has 92 valence electrons. The molecule has 0 saturated heterocycles. The first kappa shape index (κ1) is 11.4. The van der Waals surface area contributed by atoms with Crippen molar-refractivity contribution >= 4 is 17.1 Å². The average molecular weight is 249 g/mol. The Morgan fingerprint density at radius 3 is 2.58 bits per heavy atom. The normalized spacial score (nSPS) is 10.3. The zero-order valence-corrected chi connectivity index (χ0v) is 10.1. The second kappa shape index (κ2) is 4.90. The molecule has 0 aliphatic rings. The molecule has 3 heteroatoms. The van der Waals surface area contributed by atoms with Gasteiger partial charge in [0.1, 0.15) is 11.5 Å². The number of rotatable bonds is 3. The van der Waals surface area contributed by atoms with E-state index in [9.17, 15) is 4.79 Å². The van der Waals surface area contributed by atoms with E-state index in [0.717, 1.165) is 22.8 Å². The highest BCUT2D eigenvalue weighted by Gasteiger charge is 2.01. The fourth-order valence-corrected chi connectivity index (χ4v) is 1.92. The Kier molecular flexibility index (Phi) is 2.94. The van der Waals surface area contributed by atoms with Crippen LogP contribution < -0.4 is 4.74 Å². The minimum atomic E-state index is 0.498. The molecule has 0 fully saturated rings. The summed E-state index contributed by atoms with van der Waals surface area (Å²) in [4.78, 5) is 14.6. The Labute approximate surface area is 110 Å². The highest BCUT2D eigenvalue weighted by atomic mass is 16.5. The monoisotopic (exact) mass is 249 g/mol. The van der Waals surface area contributed by atoms with Crippen molar-refractivity contribution in [2.75, 3.05) is 0 Å². The third-order valence-corrected chi connectivity index (χ3v) is 2.83. The minimum absolute atomic E-state index is 0.498. The fourth-order valence-electron chi connectivity index (χ4n) is 1.92. The van der Waals surface area contributed by atoms with Crippen molar-refractivity contribution in [3.8, 4) is 11.5 Å². The van der Waals surface area contributed by atoms with Crippen LogP contribution in [0.3, 0.4) is 0 Å². The number of aldehydes is 1. The van der Waals surface area contributed by atoms with Crippen LogP contribution in [0, 0.1) is 0 Å². The molecule has 3 nitrogen and oxygen atoms in total. The maximum Gasteiger partial charge on any atom is 0.151 e. The SMILES string of the molecule is O=Cc1cncc(Oc2ccc3ccccc3c2)c1. The Morgan fingerprint density at radius 1 is 0.895 bits per heavy atom. The molecule has 0 atom stereocenters. The van der Waals surface area contributed by atoms with Crippen LogP contribution in [0.25, 0.3) is 10.8 Å². The molecule has 0 N–H and O–H groups in total. The maximum absolute atomic E-state index is 10.7. The smallest absolute Gasteiger partial charge is 0.151 e. The van der Waals surface area contributed by atoms with Crippen molar-refractivity contribution in [2.24, 2.45) is 0 Å². The topological polar surface area (TPSA) is 39.2 Å². The van der Waals surface area contributed by atoms with Crippen LogP contribution in [0.1, 0.15) is 10.4 Å². The minimum Gasteiger partial charge on any atom is -0.456 e. The highest BCUT2D eigenvalue weighted by Crippen LogP contribution is 2.25. The molecule has 0 radical (unpaired) electrons. The largest absolute Gasteiger partial charge is 0.456 e. The molecule has 3 aromatic rings. The van der Waals surface area contributed by atoms with Crippen molar-refractivity contribution in [3.63, 3.8) is 0 Å². The zero-order chi connectivity index (χ0) is 13.1. The molecule has 19 heavy (non-hydrogen) atoms. The molecule has 3 rings (SSSR count). The zero-order valence-electron chi connectivity index (χ0n) is 10.1. The van der Waals surface area contributed by atoms with E-state index in [0.29, 0.717) is 11.3 Å². The summed E-state index contributed by atoms with van der Waals surface area (Å²) in [7, 11) is 0. The van der Waals surface area contributed by atoms with Crippen LogP contribution in [-0.2, 0) is 0 Å². The molecule has 0 saturated carbocycles. The Hall–Kier alpha value is -2.68. The Morgan fingerprint density at radius 2 is 1.74 bits per heavy atom. The summed E-state index contributed by atoms with van der Waals surface area (Å²) in [5.74, 6) is 1.28. The van der Waals surface area contributed by atoms with E-state index in [1.807, 2.05) is 42.5 Å². The summed E-state index contributed by atoms with van der Waals surface area (Å²) in [5.41, 5.74) is 0.498. The summed E-state index contributed by atoms with van der Waals surface area (Å²) in [6.45, 7) is 0. The van der Waals surface area contributed by atoms with Crippen molar-refractivity contribution in [2.45, 2.75) is 0 Å². The second-order valence-electron chi connectivity index (χ2n) is 4.18. The summed E-state index contributed by atoms with van der Waals surface area (Å²) >= 11 is 0. The molecule has 0 aliphatic heterocycles. The Balaban J connectivity index is 1.94. The van der Waals surface area contributed by atoms with E-state index in [2.05, 4.69) is 4.98 Å². The van der Waals surface area contributed by atoms with Gasteiger partial charge in [0.2, 0.25) is 0 Å². The van der Waals surface area contributed by atoms with Gasteiger partial charge in [-0.25, -0.2) is 0 Å². The molecule has 0 unspecified atom stereocenters. The lowest BCUT2D eigenvalue weighted by atomic mass is 10.1. The molecule has 0 spiro atoms. The molecular weight excluding hydrogens is 238 g/mol. The van der Waals surface area contributed by atoms with E-state index in [4.69, 9.17) is 4.74 Å². The number of hydrogen-bond acceptors (Lipinski definition) is 3. The summed E-state index contributed by atoms with van der Waals surface area (Å²) in [5, 5.41) is 2.27. The van der Waals surface area contributed by atoms with Crippen LogP contribution >= 0.6 is 0 Å². The number of nitrogens with zero attached hydrogens (tertiary/aromatic N) is 1. The molecule has 0 aliphatic carbocycles. The van der Waals surface area contributed by atoms with Gasteiger partial charge in [-0.15, -0.1) is 0 Å². The van der Waals surface area contributed by atoms with E-state index < -0.39 is 0 Å². The molecule has 0 amide bonds. The molecular formula is C16H11NO2. The van der Waals surface area contributed by atoms with Gasteiger partial charge in [-0.2, -0.15) is 0 Å². The van der Waals surface area contributed by atoms with Crippen LogP contribution in [0.5, 0.6) is 11.5 Å². The van der Waals surface area contributed by atoms with Gasteiger partial charge in [-0.05, 0) is 29.0 Å². The number of carbonyl (C=O) groups is 1. The van der Waals surface area contributed by atoms with Crippen LogP contribution in [0.4, 0.5) is 0 Å². The molecule has 0 bridgehead atoms. The first-order valence-corrected chi connectivity index (χ1v) is 5.92. The van der Waals surface area contributed by atoms with Crippen molar-refractivity contribution in [1.82, 2.24) is 4.98 Å². The van der Waals surface area contributed by atoms with Gasteiger partial charge in [-0.3, -0.25) is 9.78 Å². The fraction of sp³-hybridized carbons (Fsp3) is 0. The van der Waals surface area contributed by atoms with E-state index in [1.165, 1.54) is 6.20 Å². The van der Waals surface area contributed by atoms with Crippen molar-refractivity contribution in [1.29, 1.82) is 0 Å². The first-order valence-electron chi connectivity index (χ1n) is 5.92. The van der Waals surface area contributed by atoms with Crippen molar-refractivity contribution in [3.05, 3.63) is 66.5 Å². The molecule has 1 aromatic heterocycles. The number of pyridine rings is 1. The predicted octanol–water partition coefficient (Wildman–Crippen LogP) is 3.84. The summed E-state index contributed by atoms with van der Waals surface area (Å²) in [6, 6.07) is 15.6. The highest BCUT2D eigenvalue weighted by molar-refractivity contribution is 5.83. The van der Waals surface area contributed by atoms with Crippen LogP contribution in [0.15, 0.2) is 60.9 Å². The predicted molar refractivity (Wildman–Crippen MR) is 73.6 cm³/mol. The van der Waals surface area contributed by atoms with E-state index in [1.54, 1.807) is 12.3 Å². The number of benzene rings is 2. The third-order valence-electron chi connectivity index (χ3n) is 2.83. The number of aromatic nitrogens is 1. The van der Waals surface area contributed by atoms with Gasteiger partial charge in [0.25, 0.3) is 0 Å². The van der Waals surface area contributed by atoms with Gasteiger partial charge in [0, 0.05) is 11.8 Å². The molecule has 1 heterocycles. The standard InChI is InChI=1S/C16H11NO2/c18-11-12-7-16(10-17-9-12)19-15-6-5-13-3-1-2-4-14(13)8-15/h1-11H. The van der Waals surface area contributed by atoms with Gasteiger partial charge in [-0.1, -0.05) is 30.3 Å². The average Bonchev–Trinajstić information content (AvgIpc) is 2.47.